The van der Waals surface area contributed by atoms with Gasteiger partial charge >= 0.3 is 5.97 Å². The molecule has 1 aliphatic carbocycles. The highest BCUT2D eigenvalue weighted by molar-refractivity contribution is 8.00. The maximum Gasteiger partial charge on any atom is 0.343 e. The molecule has 1 fully saturated rings. The number of esters is 1. The van der Waals surface area contributed by atoms with E-state index in [2.05, 4.69) is 15.3 Å². The molecule has 1 aromatic heterocycles. The zero-order chi connectivity index (χ0) is 17.5. The second kappa shape index (κ2) is 8.86. The number of thioether (sulfide) groups is 1. The summed E-state index contributed by atoms with van der Waals surface area (Å²) in [6.07, 6.45) is 6.44. The SMILES string of the molecule is CCOC(=O)c1cnc(S[C@@H](CC)C(=O)NC2CCCC2)nc1N. The third kappa shape index (κ3) is 4.83. The fraction of sp³-hybridized carbons (Fsp3) is 0.625. The van der Waals surface area contributed by atoms with Crippen LogP contribution in [0.25, 0.3) is 0 Å². The Morgan fingerprint density at radius 2 is 2.12 bits per heavy atom. The molecule has 132 valence electrons. The molecule has 0 spiro atoms. The van der Waals surface area contributed by atoms with Gasteiger partial charge < -0.3 is 15.8 Å². The number of hydrogen-bond acceptors (Lipinski definition) is 7. The Morgan fingerprint density at radius 3 is 2.71 bits per heavy atom. The molecule has 0 aromatic carbocycles. The molecule has 1 saturated carbocycles. The first-order valence-electron chi connectivity index (χ1n) is 8.31. The van der Waals surface area contributed by atoms with E-state index in [0.717, 1.165) is 12.8 Å². The minimum absolute atomic E-state index is 0.00559. The number of carbonyl (C=O) groups is 2. The number of nitrogens with two attached hydrogens (primary N) is 1. The standard InChI is InChI=1S/C16H24N4O3S/c1-3-12(14(21)19-10-7-5-6-8-10)24-16-18-9-11(13(17)20-16)15(22)23-4-2/h9-10,12H,3-8H2,1-2H3,(H,19,21)(H2,17,18,20)/t12-/m0/s1. The van der Waals surface area contributed by atoms with Crippen LogP contribution in [0.3, 0.4) is 0 Å². The quantitative estimate of drug-likeness (QED) is 0.440. The van der Waals surface area contributed by atoms with Gasteiger partial charge in [0, 0.05) is 12.2 Å². The van der Waals surface area contributed by atoms with Crippen molar-refractivity contribution in [3.8, 4) is 0 Å². The Bertz CT molecular complexity index is 591. The molecular formula is C16H24N4O3S. The van der Waals surface area contributed by atoms with E-state index in [-0.39, 0.29) is 35.2 Å². The zero-order valence-electron chi connectivity index (χ0n) is 14.1. The summed E-state index contributed by atoms with van der Waals surface area (Å²) in [5.41, 5.74) is 5.96. The number of amides is 1. The zero-order valence-corrected chi connectivity index (χ0v) is 14.9. The Kier molecular flexibility index (Phi) is 6.84. The van der Waals surface area contributed by atoms with Gasteiger partial charge in [-0.2, -0.15) is 0 Å². The first kappa shape index (κ1) is 18.5. The van der Waals surface area contributed by atoms with E-state index < -0.39 is 5.97 Å². The van der Waals surface area contributed by atoms with Crippen molar-refractivity contribution in [3.63, 3.8) is 0 Å². The molecular weight excluding hydrogens is 328 g/mol. The van der Waals surface area contributed by atoms with Gasteiger partial charge in [0.15, 0.2) is 5.16 Å². The molecule has 2 rings (SSSR count). The summed E-state index contributed by atoms with van der Waals surface area (Å²) in [7, 11) is 0. The molecule has 1 aromatic rings. The number of hydrogen-bond donors (Lipinski definition) is 2. The van der Waals surface area contributed by atoms with Crippen LogP contribution in [0, 0.1) is 0 Å². The van der Waals surface area contributed by atoms with Crippen molar-refractivity contribution in [2.45, 2.75) is 62.4 Å². The van der Waals surface area contributed by atoms with Gasteiger partial charge in [-0.1, -0.05) is 31.5 Å². The summed E-state index contributed by atoms with van der Waals surface area (Å²) < 4.78 is 4.89. The first-order valence-corrected chi connectivity index (χ1v) is 9.19. The van der Waals surface area contributed by atoms with Gasteiger partial charge in [-0.3, -0.25) is 4.79 Å². The average Bonchev–Trinajstić information content (AvgIpc) is 3.05. The lowest BCUT2D eigenvalue weighted by Gasteiger charge is -2.17. The molecule has 1 aliphatic rings. The lowest BCUT2D eigenvalue weighted by atomic mass is 10.2. The van der Waals surface area contributed by atoms with E-state index in [9.17, 15) is 9.59 Å². The van der Waals surface area contributed by atoms with Crippen molar-refractivity contribution in [2.24, 2.45) is 0 Å². The van der Waals surface area contributed by atoms with Crippen LogP contribution >= 0.6 is 11.8 Å². The van der Waals surface area contributed by atoms with Crippen molar-refractivity contribution in [1.29, 1.82) is 0 Å². The van der Waals surface area contributed by atoms with Crippen LogP contribution in [0.5, 0.6) is 0 Å². The van der Waals surface area contributed by atoms with E-state index >= 15 is 0 Å². The summed E-state index contributed by atoms with van der Waals surface area (Å²) in [4.78, 5) is 32.4. The van der Waals surface area contributed by atoms with Crippen LogP contribution in [0.2, 0.25) is 0 Å². The van der Waals surface area contributed by atoms with Crippen LogP contribution in [0.4, 0.5) is 5.82 Å². The molecule has 1 atom stereocenters. The predicted molar refractivity (Wildman–Crippen MR) is 92.7 cm³/mol. The van der Waals surface area contributed by atoms with Crippen LogP contribution in [0.15, 0.2) is 11.4 Å². The van der Waals surface area contributed by atoms with Crippen LogP contribution in [0.1, 0.15) is 56.3 Å². The van der Waals surface area contributed by atoms with Gasteiger partial charge in [0.25, 0.3) is 0 Å². The Balaban J connectivity index is 2.00. The Hall–Kier alpha value is -1.83. The molecule has 1 heterocycles. The monoisotopic (exact) mass is 352 g/mol. The maximum atomic E-state index is 12.4. The minimum Gasteiger partial charge on any atom is -0.462 e. The molecule has 7 nitrogen and oxygen atoms in total. The molecule has 0 unspecified atom stereocenters. The van der Waals surface area contributed by atoms with Gasteiger partial charge in [-0.05, 0) is 26.2 Å². The minimum atomic E-state index is -0.544. The molecule has 3 N–H and O–H groups in total. The number of rotatable bonds is 7. The van der Waals surface area contributed by atoms with Gasteiger partial charge in [0.1, 0.15) is 11.4 Å². The van der Waals surface area contributed by atoms with Crippen molar-refractivity contribution in [2.75, 3.05) is 12.3 Å². The molecule has 0 saturated heterocycles. The number of nitrogens with one attached hydrogen (secondary N) is 1. The lowest BCUT2D eigenvalue weighted by molar-refractivity contribution is -0.121. The van der Waals surface area contributed by atoms with Crippen LogP contribution in [-0.4, -0.2) is 39.7 Å². The predicted octanol–water partition coefficient (Wildman–Crippen LogP) is 2.17. The normalized spacial score (nSPS) is 15.9. The maximum absolute atomic E-state index is 12.4. The fourth-order valence-electron chi connectivity index (χ4n) is 2.61. The summed E-state index contributed by atoms with van der Waals surface area (Å²) in [5, 5.41) is 3.19. The number of nitrogens with zero attached hydrogens (tertiary/aromatic N) is 2. The van der Waals surface area contributed by atoms with Gasteiger partial charge in [0.2, 0.25) is 5.91 Å². The molecule has 24 heavy (non-hydrogen) atoms. The lowest BCUT2D eigenvalue weighted by Crippen LogP contribution is -2.38. The summed E-state index contributed by atoms with van der Waals surface area (Å²) in [6.45, 7) is 3.92. The van der Waals surface area contributed by atoms with Gasteiger partial charge in [0.05, 0.1) is 11.9 Å². The summed E-state index contributed by atoms with van der Waals surface area (Å²) in [6, 6.07) is 0.282. The highest BCUT2D eigenvalue weighted by Crippen LogP contribution is 2.25. The average molecular weight is 352 g/mol. The van der Waals surface area contributed by atoms with E-state index in [1.54, 1.807) is 6.92 Å². The summed E-state index contributed by atoms with van der Waals surface area (Å²) >= 11 is 1.26. The number of carbonyl (C=O) groups excluding carboxylic acids is 2. The molecule has 0 aliphatic heterocycles. The summed E-state index contributed by atoms with van der Waals surface area (Å²) in [5.74, 6) is -0.472. The molecule has 0 radical (unpaired) electrons. The van der Waals surface area contributed by atoms with Crippen molar-refractivity contribution in [1.82, 2.24) is 15.3 Å². The van der Waals surface area contributed by atoms with E-state index in [1.165, 1.54) is 30.8 Å². The van der Waals surface area contributed by atoms with Crippen molar-refractivity contribution in [3.05, 3.63) is 11.8 Å². The smallest absolute Gasteiger partial charge is 0.343 e. The third-order valence-electron chi connectivity index (χ3n) is 3.90. The largest absolute Gasteiger partial charge is 0.462 e. The molecule has 1 amide bonds. The van der Waals surface area contributed by atoms with Crippen molar-refractivity contribution >= 4 is 29.5 Å². The highest BCUT2D eigenvalue weighted by atomic mass is 32.2. The first-order chi connectivity index (χ1) is 11.5. The topological polar surface area (TPSA) is 107 Å². The number of anilines is 1. The van der Waals surface area contributed by atoms with E-state index in [1.807, 2.05) is 6.92 Å². The van der Waals surface area contributed by atoms with Gasteiger partial charge in [-0.15, -0.1) is 0 Å². The molecule has 8 heteroatoms. The van der Waals surface area contributed by atoms with Gasteiger partial charge in [-0.25, -0.2) is 14.8 Å². The van der Waals surface area contributed by atoms with E-state index in [4.69, 9.17) is 10.5 Å². The van der Waals surface area contributed by atoms with Crippen molar-refractivity contribution < 1.29 is 14.3 Å². The third-order valence-corrected chi connectivity index (χ3v) is 5.14. The highest BCUT2D eigenvalue weighted by Gasteiger charge is 2.24. The number of aromatic nitrogens is 2. The van der Waals surface area contributed by atoms with Crippen LogP contribution < -0.4 is 11.1 Å². The number of nitrogen functional groups attached to an aromatic ring is 1. The van der Waals surface area contributed by atoms with E-state index in [0.29, 0.717) is 11.6 Å². The molecule has 0 bridgehead atoms. The van der Waals surface area contributed by atoms with Crippen LogP contribution in [-0.2, 0) is 9.53 Å². The Labute approximate surface area is 146 Å². The second-order valence-electron chi connectivity index (χ2n) is 5.68. The number of ether oxygens (including phenoxy) is 1. The second-order valence-corrected chi connectivity index (χ2v) is 6.85. The fourth-order valence-corrected chi connectivity index (χ4v) is 3.48. The Morgan fingerprint density at radius 1 is 1.42 bits per heavy atom.